The number of alkyl halides is 3. The Morgan fingerprint density at radius 1 is 1.31 bits per heavy atom. The topological polar surface area (TPSA) is 35.5 Å². The van der Waals surface area contributed by atoms with Crippen molar-refractivity contribution in [2.24, 2.45) is 5.92 Å². The van der Waals surface area contributed by atoms with Crippen LogP contribution in [0.25, 0.3) is 0 Å². The summed E-state index contributed by atoms with van der Waals surface area (Å²) >= 11 is 0. The molecule has 16 heavy (non-hydrogen) atoms. The van der Waals surface area contributed by atoms with Crippen LogP contribution in [0.4, 0.5) is 13.2 Å². The number of aliphatic hydroxyl groups excluding tert-OH is 1. The van der Waals surface area contributed by atoms with Crippen LogP contribution in [0, 0.1) is 5.92 Å². The second kappa shape index (κ2) is 4.89. The van der Waals surface area contributed by atoms with Crippen LogP contribution in [0.5, 0.6) is 0 Å². The van der Waals surface area contributed by atoms with E-state index in [1.165, 1.54) is 11.9 Å². The van der Waals surface area contributed by atoms with Gasteiger partial charge in [-0.15, -0.1) is 0 Å². The van der Waals surface area contributed by atoms with Crippen molar-refractivity contribution in [2.45, 2.75) is 24.6 Å². The number of hydrogen-bond donors (Lipinski definition) is 2. The Labute approximate surface area is 93.6 Å². The van der Waals surface area contributed by atoms with E-state index in [1.54, 1.807) is 7.05 Å². The second-order valence-electron chi connectivity index (χ2n) is 4.63. The molecule has 96 valence electrons. The number of nitrogens with zero attached hydrogens (tertiary/aromatic N) is 1. The monoisotopic (exact) mass is 240 g/mol. The Kier molecular flexibility index (Phi) is 4.20. The minimum absolute atomic E-state index is 0.129. The maximum atomic E-state index is 12.2. The van der Waals surface area contributed by atoms with Crippen molar-refractivity contribution in [3.8, 4) is 0 Å². The summed E-state index contributed by atoms with van der Waals surface area (Å²) in [7, 11) is 3.12. The van der Waals surface area contributed by atoms with E-state index in [-0.39, 0.29) is 19.1 Å². The van der Waals surface area contributed by atoms with Crippen LogP contribution in [0.1, 0.15) is 12.8 Å². The Bertz CT molecular complexity index is 225. The molecule has 0 radical (unpaired) electrons. The molecular weight excluding hydrogens is 221 g/mol. The summed E-state index contributed by atoms with van der Waals surface area (Å²) in [5, 5.41) is 12.3. The van der Waals surface area contributed by atoms with E-state index < -0.39 is 18.3 Å². The summed E-state index contributed by atoms with van der Waals surface area (Å²) < 4.78 is 36.5. The molecule has 0 aromatic heterocycles. The highest BCUT2D eigenvalue weighted by molar-refractivity contribution is 5.01. The molecule has 6 heteroatoms. The molecule has 3 nitrogen and oxygen atoms in total. The molecule has 0 amide bonds. The van der Waals surface area contributed by atoms with Crippen LogP contribution in [-0.4, -0.2) is 55.5 Å². The molecule has 0 aliphatic heterocycles. The molecular formula is C10H19F3N2O. The van der Waals surface area contributed by atoms with Crippen molar-refractivity contribution < 1.29 is 18.3 Å². The summed E-state index contributed by atoms with van der Waals surface area (Å²) in [6.45, 7) is -0.857. The average Bonchev–Trinajstić information content (AvgIpc) is 2.94. The first-order chi connectivity index (χ1) is 7.33. The molecule has 1 rings (SSSR count). The Balaban J connectivity index is 2.54. The molecule has 1 aliphatic rings. The second-order valence-corrected chi connectivity index (χ2v) is 4.63. The zero-order valence-electron chi connectivity index (χ0n) is 9.64. The number of rotatable bonds is 6. The third-order valence-electron chi connectivity index (χ3n) is 3.14. The first-order valence-corrected chi connectivity index (χ1v) is 5.38. The minimum Gasteiger partial charge on any atom is -0.394 e. The van der Waals surface area contributed by atoms with Gasteiger partial charge in [-0.25, -0.2) is 0 Å². The lowest BCUT2D eigenvalue weighted by Crippen LogP contribution is -2.57. The van der Waals surface area contributed by atoms with Crippen molar-refractivity contribution in [3.05, 3.63) is 0 Å². The van der Waals surface area contributed by atoms with E-state index in [0.29, 0.717) is 0 Å². The van der Waals surface area contributed by atoms with Gasteiger partial charge in [-0.05, 0) is 32.9 Å². The van der Waals surface area contributed by atoms with Crippen LogP contribution in [-0.2, 0) is 0 Å². The number of aliphatic hydroxyl groups is 1. The fourth-order valence-electron chi connectivity index (χ4n) is 2.15. The van der Waals surface area contributed by atoms with Crippen molar-refractivity contribution in [1.29, 1.82) is 0 Å². The predicted molar refractivity (Wildman–Crippen MR) is 55.2 cm³/mol. The molecule has 1 saturated carbocycles. The summed E-state index contributed by atoms with van der Waals surface area (Å²) in [4.78, 5) is 1.21. The van der Waals surface area contributed by atoms with Crippen LogP contribution in [0.3, 0.4) is 0 Å². The zero-order valence-corrected chi connectivity index (χ0v) is 9.64. The maximum absolute atomic E-state index is 12.2. The normalized spacial score (nSPS) is 21.2. The average molecular weight is 240 g/mol. The third kappa shape index (κ3) is 3.61. The minimum atomic E-state index is -4.19. The number of nitrogens with one attached hydrogen (secondary N) is 1. The van der Waals surface area contributed by atoms with Gasteiger partial charge in [-0.3, -0.25) is 4.90 Å². The Morgan fingerprint density at radius 3 is 2.19 bits per heavy atom. The molecule has 2 N–H and O–H groups in total. The molecule has 0 spiro atoms. The smallest absolute Gasteiger partial charge is 0.394 e. The number of hydrogen-bond acceptors (Lipinski definition) is 3. The van der Waals surface area contributed by atoms with Gasteiger partial charge in [0.1, 0.15) is 0 Å². The van der Waals surface area contributed by atoms with E-state index >= 15 is 0 Å². The van der Waals surface area contributed by atoms with E-state index in [0.717, 1.165) is 12.8 Å². The lowest BCUT2D eigenvalue weighted by molar-refractivity contribution is -0.145. The number of likely N-dealkylation sites (N-methyl/N-ethyl adjacent to an activating group) is 2. The largest absolute Gasteiger partial charge is 0.401 e. The standard InChI is InChI=1S/C10H19F3N2O/c1-14-9(7-16,8-3-4-8)5-15(2)6-10(11,12)13/h8,14,16H,3-7H2,1-2H3. The summed E-state index contributed by atoms with van der Waals surface area (Å²) in [6, 6.07) is 0. The third-order valence-corrected chi connectivity index (χ3v) is 3.14. The molecule has 1 unspecified atom stereocenters. The highest BCUT2D eigenvalue weighted by Crippen LogP contribution is 2.39. The van der Waals surface area contributed by atoms with Gasteiger partial charge in [0.05, 0.1) is 18.7 Å². The number of halogens is 3. The first kappa shape index (κ1) is 13.7. The molecule has 0 aromatic carbocycles. The van der Waals surface area contributed by atoms with Crippen molar-refractivity contribution in [3.63, 3.8) is 0 Å². The Morgan fingerprint density at radius 2 is 1.88 bits per heavy atom. The van der Waals surface area contributed by atoms with Crippen molar-refractivity contribution >= 4 is 0 Å². The molecule has 0 bridgehead atoms. The fraction of sp³-hybridized carbons (Fsp3) is 1.00. The van der Waals surface area contributed by atoms with Gasteiger partial charge < -0.3 is 10.4 Å². The first-order valence-electron chi connectivity index (χ1n) is 5.38. The van der Waals surface area contributed by atoms with Gasteiger partial charge in [0.25, 0.3) is 0 Å². The van der Waals surface area contributed by atoms with Crippen LogP contribution >= 0.6 is 0 Å². The summed E-state index contributed by atoms with van der Waals surface area (Å²) in [6.07, 6.45) is -2.24. The van der Waals surface area contributed by atoms with E-state index in [9.17, 15) is 18.3 Å². The van der Waals surface area contributed by atoms with E-state index in [2.05, 4.69) is 5.32 Å². The van der Waals surface area contributed by atoms with Gasteiger partial charge >= 0.3 is 6.18 Å². The SMILES string of the molecule is CNC(CO)(CN(C)CC(F)(F)F)C1CC1. The van der Waals surface area contributed by atoms with Gasteiger partial charge in [0, 0.05) is 6.54 Å². The highest BCUT2D eigenvalue weighted by atomic mass is 19.4. The summed E-state index contributed by atoms with van der Waals surface area (Å²) in [5.74, 6) is 0.290. The van der Waals surface area contributed by atoms with Crippen molar-refractivity contribution in [1.82, 2.24) is 10.2 Å². The van der Waals surface area contributed by atoms with E-state index in [4.69, 9.17) is 0 Å². The maximum Gasteiger partial charge on any atom is 0.401 e. The van der Waals surface area contributed by atoms with Crippen LogP contribution < -0.4 is 5.32 Å². The molecule has 0 heterocycles. The quantitative estimate of drug-likeness (QED) is 0.722. The molecule has 1 aliphatic carbocycles. The van der Waals surface area contributed by atoms with Gasteiger partial charge in [-0.1, -0.05) is 0 Å². The van der Waals surface area contributed by atoms with Gasteiger partial charge in [-0.2, -0.15) is 13.2 Å². The fourth-order valence-corrected chi connectivity index (χ4v) is 2.15. The molecule has 1 fully saturated rings. The van der Waals surface area contributed by atoms with Crippen molar-refractivity contribution in [2.75, 3.05) is 33.8 Å². The molecule has 0 saturated heterocycles. The van der Waals surface area contributed by atoms with Gasteiger partial charge in [0.2, 0.25) is 0 Å². The van der Waals surface area contributed by atoms with Gasteiger partial charge in [0.15, 0.2) is 0 Å². The highest BCUT2D eigenvalue weighted by Gasteiger charge is 2.45. The molecule has 1 atom stereocenters. The lowest BCUT2D eigenvalue weighted by Gasteiger charge is -2.36. The van der Waals surface area contributed by atoms with Crippen LogP contribution in [0.15, 0.2) is 0 Å². The zero-order chi connectivity index (χ0) is 12.4. The molecule has 0 aromatic rings. The predicted octanol–water partition coefficient (Wildman–Crippen LogP) is 0.841. The van der Waals surface area contributed by atoms with Crippen LogP contribution in [0.2, 0.25) is 0 Å². The lowest BCUT2D eigenvalue weighted by atomic mass is 9.93. The summed E-state index contributed by atoms with van der Waals surface area (Å²) in [5.41, 5.74) is -0.583. The van der Waals surface area contributed by atoms with E-state index in [1.807, 2.05) is 0 Å². The Hall–Kier alpha value is -0.330.